The highest BCUT2D eigenvalue weighted by atomic mass is 16.5. The Labute approximate surface area is 186 Å². The standard InChI is InChI=1S/C25H38N3O3/c1-17(2)23(30)22-19-11-10-18(31-9)14-20(19)28(26-22)15-21(29)27(16-25(6,7)8)13-12-24(3,4)5/h10-11,14,17H,6,12-13,15-16H2,1-5,7-9H3. The molecule has 1 aromatic heterocycles. The van der Waals surface area contributed by atoms with E-state index in [4.69, 9.17) is 4.74 Å². The first-order valence-corrected chi connectivity index (χ1v) is 10.9. The van der Waals surface area contributed by atoms with Gasteiger partial charge in [0.1, 0.15) is 18.0 Å². The van der Waals surface area contributed by atoms with E-state index in [0.717, 1.165) is 17.3 Å². The molecule has 171 valence electrons. The van der Waals surface area contributed by atoms with Gasteiger partial charge in [-0.05, 0) is 36.3 Å². The van der Waals surface area contributed by atoms with Gasteiger partial charge in [0.25, 0.3) is 0 Å². The van der Waals surface area contributed by atoms with E-state index in [1.54, 1.807) is 11.8 Å². The second kappa shape index (κ2) is 9.41. The van der Waals surface area contributed by atoms with E-state index in [0.29, 0.717) is 24.5 Å². The van der Waals surface area contributed by atoms with Crippen molar-refractivity contribution in [3.63, 3.8) is 0 Å². The summed E-state index contributed by atoms with van der Waals surface area (Å²) in [7, 11) is 1.60. The highest BCUT2D eigenvalue weighted by Gasteiger charge is 2.26. The number of ether oxygens (including phenoxy) is 1. The van der Waals surface area contributed by atoms with Crippen LogP contribution in [0, 0.1) is 23.7 Å². The summed E-state index contributed by atoms with van der Waals surface area (Å²) in [6.45, 7) is 19.7. The van der Waals surface area contributed by atoms with E-state index < -0.39 is 0 Å². The van der Waals surface area contributed by atoms with Crippen LogP contribution in [0.5, 0.6) is 5.75 Å². The van der Waals surface area contributed by atoms with E-state index in [-0.39, 0.29) is 35.0 Å². The van der Waals surface area contributed by atoms with E-state index in [1.165, 1.54) is 0 Å². The number of amides is 1. The molecule has 0 bridgehead atoms. The molecule has 0 aliphatic rings. The highest BCUT2D eigenvalue weighted by molar-refractivity contribution is 6.07. The summed E-state index contributed by atoms with van der Waals surface area (Å²) >= 11 is 0. The smallest absolute Gasteiger partial charge is 0.244 e. The highest BCUT2D eigenvalue weighted by Crippen LogP contribution is 2.26. The van der Waals surface area contributed by atoms with Crippen LogP contribution in [0.3, 0.4) is 0 Å². The summed E-state index contributed by atoms with van der Waals surface area (Å²) in [5, 5.41) is 5.30. The van der Waals surface area contributed by atoms with E-state index in [2.05, 4.69) is 32.8 Å². The molecule has 0 saturated heterocycles. The van der Waals surface area contributed by atoms with Gasteiger partial charge in [0.05, 0.1) is 12.6 Å². The lowest BCUT2D eigenvalue weighted by molar-refractivity contribution is -0.133. The topological polar surface area (TPSA) is 64.4 Å². The molecule has 0 aliphatic heterocycles. The number of aromatic nitrogens is 2. The van der Waals surface area contributed by atoms with E-state index in [9.17, 15) is 9.59 Å². The van der Waals surface area contributed by atoms with Gasteiger partial charge in [0.15, 0.2) is 5.78 Å². The van der Waals surface area contributed by atoms with Crippen molar-refractivity contribution in [1.29, 1.82) is 0 Å². The number of nitrogens with zero attached hydrogens (tertiary/aromatic N) is 3. The summed E-state index contributed by atoms with van der Waals surface area (Å²) in [4.78, 5) is 27.9. The van der Waals surface area contributed by atoms with E-state index in [1.807, 2.05) is 50.8 Å². The largest absolute Gasteiger partial charge is 0.497 e. The molecular weight excluding hydrogens is 390 g/mol. The summed E-state index contributed by atoms with van der Waals surface area (Å²) in [5.41, 5.74) is 0.981. The van der Waals surface area contributed by atoms with Crippen molar-refractivity contribution in [1.82, 2.24) is 14.7 Å². The molecule has 0 fully saturated rings. The van der Waals surface area contributed by atoms with Crippen LogP contribution in [0.2, 0.25) is 0 Å². The number of Topliss-reactive ketones (excluding diaryl/α,β-unsaturated/α-hetero) is 1. The van der Waals surface area contributed by atoms with Crippen LogP contribution >= 0.6 is 0 Å². The first-order chi connectivity index (χ1) is 14.2. The quantitative estimate of drug-likeness (QED) is 0.527. The Bertz CT molecular complexity index is 930. The number of ketones is 1. The third-order valence-corrected chi connectivity index (χ3v) is 5.10. The predicted molar refractivity (Wildman–Crippen MR) is 125 cm³/mol. The molecular formula is C25H38N3O3. The number of carbonyl (C=O) groups excluding carboxylic acids is 2. The monoisotopic (exact) mass is 428 g/mol. The molecule has 2 aromatic rings. The Kier molecular flexibility index (Phi) is 7.56. The van der Waals surface area contributed by atoms with Crippen molar-refractivity contribution in [3.05, 3.63) is 30.8 Å². The van der Waals surface area contributed by atoms with Crippen molar-refractivity contribution < 1.29 is 14.3 Å². The van der Waals surface area contributed by atoms with E-state index >= 15 is 0 Å². The first kappa shape index (κ1) is 24.9. The first-order valence-electron chi connectivity index (χ1n) is 10.9. The molecule has 0 unspecified atom stereocenters. The maximum absolute atomic E-state index is 13.3. The predicted octanol–water partition coefficient (Wildman–Crippen LogP) is 5.01. The minimum absolute atomic E-state index is 0.0308. The maximum Gasteiger partial charge on any atom is 0.244 e. The van der Waals surface area contributed by atoms with Crippen LogP contribution in [0.1, 0.15) is 65.4 Å². The molecule has 1 aromatic carbocycles. The van der Waals surface area contributed by atoms with Crippen LogP contribution in [-0.2, 0) is 11.3 Å². The van der Waals surface area contributed by atoms with Crippen molar-refractivity contribution in [2.75, 3.05) is 20.2 Å². The zero-order valence-electron chi connectivity index (χ0n) is 20.4. The molecule has 1 radical (unpaired) electrons. The second-order valence-electron chi connectivity index (χ2n) is 10.7. The number of rotatable bonds is 9. The minimum Gasteiger partial charge on any atom is -0.497 e. The molecule has 0 aliphatic carbocycles. The van der Waals surface area contributed by atoms with Crippen molar-refractivity contribution in [3.8, 4) is 5.75 Å². The van der Waals surface area contributed by atoms with Crippen LogP contribution < -0.4 is 4.74 Å². The Hall–Kier alpha value is -2.37. The SMILES string of the molecule is [CH2]C(C)(C)CN(CCC(C)(C)C)C(=O)Cn1nc(C(=O)C(C)C)c2ccc(OC)cc21. The Balaban J connectivity index is 2.42. The van der Waals surface area contributed by atoms with Gasteiger partial charge < -0.3 is 9.64 Å². The summed E-state index contributed by atoms with van der Waals surface area (Å²) in [5.74, 6) is 0.411. The normalized spacial score (nSPS) is 12.5. The molecule has 0 N–H and O–H groups in total. The van der Waals surface area contributed by atoms with Crippen LogP contribution in [0.15, 0.2) is 18.2 Å². The Morgan fingerprint density at radius 1 is 1.19 bits per heavy atom. The zero-order valence-corrected chi connectivity index (χ0v) is 20.4. The van der Waals surface area contributed by atoms with Crippen molar-refractivity contribution in [2.45, 2.75) is 61.4 Å². The number of benzene rings is 1. The zero-order chi connectivity index (χ0) is 23.6. The Morgan fingerprint density at radius 3 is 2.35 bits per heavy atom. The minimum atomic E-state index is -0.262. The number of methoxy groups -OCH3 is 1. The third-order valence-electron chi connectivity index (χ3n) is 5.10. The lowest BCUT2D eigenvalue weighted by Crippen LogP contribution is -2.41. The van der Waals surface area contributed by atoms with Crippen LogP contribution in [-0.4, -0.2) is 46.6 Å². The fourth-order valence-corrected chi connectivity index (χ4v) is 3.36. The van der Waals surface area contributed by atoms with Gasteiger partial charge in [-0.2, -0.15) is 5.10 Å². The summed E-state index contributed by atoms with van der Waals surface area (Å²) < 4.78 is 6.99. The van der Waals surface area contributed by atoms with Gasteiger partial charge in [-0.1, -0.05) is 48.5 Å². The average molecular weight is 429 g/mol. The number of fused-ring (bicyclic) bond motifs is 1. The molecule has 1 heterocycles. The van der Waals surface area contributed by atoms with Crippen molar-refractivity contribution in [2.24, 2.45) is 16.7 Å². The van der Waals surface area contributed by atoms with Crippen molar-refractivity contribution >= 4 is 22.6 Å². The average Bonchev–Trinajstić information content (AvgIpc) is 3.00. The summed E-state index contributed by atoms with van der Waals surface area (Å²) in [6, 6.07) is 5.49. The molecule has 0 spiro atoms. The number of hydrogen-bond acceptors (Lipinski definition) is 4. The lowest BCUT2D eigenvalue weighted by Gasteiger charge is -2.32. The van der Waals surface area contributed by atoms with Crippen LogP contribution in [0.4, 0.5) is 0 Å². The Morgan fingerprint density at radius 2 is 1.84 bits per heavy atom. The van der Waals surface area contributed by atoms with Crippen LogP contribution in [0.25, 0.3) is 10.9 Å². The summed E-state index contributed by atoms with van der Waals surface area (Å²) in [6.07, 6.45) is 0.888. The molecule has 1 amide bonds. The van der Waals surface area contributed by atoms with Gasteiger partial charge in [0.2, 0.25) is 5.91 Å². The fraction of sp³-hybridized carbons (Fsp3) is 0.600. The molecule has 0 saturated carbocycles. The van der Waals surface area contributed by atoms with Gasteiger partial charge in [-0.15, -0.1) is 0 Å². The molecule has 0 atom stereocenters. The molecule has 6 heteroatoms. The van der Waals surface area contributed by atoms with Gasteiger partial charge in [-0.25, -0.2) is 0 Å². The number of hydrogen-bond donors (Lipinski definition) is 0. The fourth-order valence-electron chi connectivity index (χ4n) is 3.36. The number of carbonyl (C=O) groups is 2. The lowest BCUT2D eigenvalue weighted by atomic mass is 9.91. The molecule has 6 nitrogen and oxygen atoms in total. The second-order valence-corrected chi connectivity index (χ2v) is 10.7. The van der Waals surface area contributed by atoms with Gasteiger partial charge in [0, 0.05) is 30.5 Å². The van der Waals surface area contributed by atoms with Gasteiger partial charge in [-0.3, -0.25) is 14.3 Å². The molecule has 2 rings (SSSR count). The maximum atomic E-state index is 13.3. The van der Waals surface area contributed by atoms with Gasteiger partial charge >= 0.3 is 0 Å². The molecule has 31 heavy (non-hydrogen) atoms. The third kappa shape index (κ3) is 6.81.